The van der Waals surface area contributed by atoms with Crippen molar-refractivity contribution in [3.05, 3.63) is 29.8 Å². The Labute approximate surface area is 196 Å². The number of likely N-dealkylation sites (tertiary alicyclic amines) is 1. The van der Waals surface area contributed by atoms with Gasteiger partial charge in [0.1, 0.15) is 0 Å². The molecule has 0 spiro atoms. The molecule has 0 bridgehead atoms. The van der Waals surface area contributed by atoms with Crippen LogP contribution in [0.4, 0.5) is 5.69 Å². The zero-order valence-corrected chi connectivity index (χ0v) is 20.0. The predicted octanol–water partition coefficient (Wildman–Crippen LogP) is 5.26. The summed E-state index contributed by atoms with van der Waals surface area (Å²) in [6.07, 6.45) is 9.02. The lowest BCUT2D eigenvalue weighted by molar-refractivity contribution is -0.140. The standard InChI is InChI=1S/C26H38N2O5/c1-3-5-7-13-19(12-4-2)21-18-24(30)28(25(21)31)17-11-6-8-16-23(29)27-22-15-10-9-14-20(22)26(32)33/h9-10,14-15,19,21H,3-8,11-13,16-18H2,1-2H3,(H,27,29)(H,32,33). The van der Waals surface area contributed by atoms with E-state index < -0.39 is 5.97 Å². The Morgan fingerprint density at radius 2 is 1.79 bits per heavy atom. The van der Waals surface area contributed by atoms with Crippen molar-refractivity contribution in [2.75, 3.05) is 11.9 Å². The maximum atomic E-state index is 12.9. The van der Waals surface area contributed by atoms with Crippen LogP contribution in [0.3, 0.4) is 0 Å². The molecule has 0 aliphatic carbocycles. The number of hydrogen-bond donors (Lipinski definition) is 2. The number of carbonyl (C=O) groups is 4. The van der Waals surface area contributed by atoms with Crippen LogP contribution in [0.15, 0.2) is 24.3 Å². The summed E-state index contributed by atoms with van der Waals surface area (Å²) < 4.78 is 0. The lowest BCUT2D eigenvalue weighted by atomic mass is 9.83. The SMILES string of the molecule is CCCCCC(CCC)C1CC(=O)N(CCCCCC(=O)Nc2ccccc2C(=O)O)C1=O. The summed E-state index contributed by atoms with van der Waals surface area (Å²) in [6.45, 7) is 4.70. The minimum Gasteiger partial charge on any atom is -0.478 e. The van der Waals surface area contributed by atoms with Crippen LogP contribution < -0.4 is 5.32 Å². The Balaban J connectivity index is 1.75. The lowest BCUT2D eigenvalue weighted by Crippen LogP contribution is -2.33. The minimum absolute atomic E-state index is 0.0158. The first-order valence-electron chi connectivity index (χ1n) is 12.3. The summed E-state index contributed by atoms with van der Waals surface area (Å²) in [6, 6.07) is 6.30. The molecule has 33 heavy (non-hydrogen) atoms. The molecule has 0 radical (unpaired) electrons. The minimum atomic E-state index is -1.09. The predicted molar refractivity (Wildman–Crippen MR) is 128 cm³/mol. The Bertz CT molecular complexity index is 823. The van der Waals surface area contributed by atoms with E-state index in [2.05, 4.69) is 19.2 Å². The van der Waals surface area contributed by atoms with Gasteiger partial charge in [0.25, 0.3) is 0 Å². The number of nitrogens with one attached hydrogen (secondary N) is 1. The Kier molecular flexibility index (Phi) is 11.1. The maximum Gasteiger partial charge on any atom is 0.337 e. The van der Waals surface area contributed by atoms with Crippen molar-refractivity contribution in [1.29, 1.82) is 0 Å². The number of carboxylic acids is 1. The molecule has 1 aliphatic rings. The van der Waals surface area contributed by atoms with E-state index in [0.717, 1.165) is 38.5 Å². The summed E-state index contributed by atoms with van der Waals surface area (Å²) >= 11 is 0. The van der Waals surface area contributed by atoms with Crippen molar-refractivity contribution in [2.24, 2.45) is 11.8 Å². The molecule has 0 saturated carbocycles. The van der Waals surface area contributed by atoms with Gasteiger partial charge < -0.3 is 10.4 Å². The average Bonchev–Trinajstić information content (AvgIpc) is 3.06. The van der Waals surface area contributed by atoms with E-state index in [-0.39, 0.29) is 41.3 Å². The number of nitrogens with zero attached hydrogens (tertiary/aromatic N) is 1. The Hall–Kier alpha value is -2.70. The zero-order chi connectivity index (χ0) is 24.2. The molecule has 2 atom stereocenters. The topological polar surface area (TPSA) is 104 Å². The van der Waals surface area contributed by atoms with E-state index in [0.29, 0.717) is 38.1 Å². The van der Waals surface area contributed by atoms with Gasteiger partial charge in [-0.05, 0) is 43.7 Å². The second-order valence-corrected chi connectivity index (χ2v) is 8.95. The van der Waals surface area contributed by atoms with Gasteiger partial charge in [-0.2, -0.15) is 0 Å². The third kappa shape index (κ3) is 7.98. The van der Waals surface area contributed by atoms with Gasteiger partial charge >= 0.3 is 5.97 Å². The van der Waals surface area contributed by atoms with Crippen LogP contribution in [0.1, 0.15) is 94.8 Å². The molecule has 1 fully saturated rings. The quantitative estimate of drug-likeness (QED) is 0.276. The van der Waals surface area contributed by atoms with Gasteiger partial charge in [0.05, 0.1) is 17.2 Å². The fourth-order valence-electron chi connectivity index (χ4n) is 4.61. The van der Waals surface area contributed by atoms with Crippen molar-refractivity contribution in [3.8, 4) is 0 Å². The fourth-order valence-corrected chi connectivity index (χ4v) is 4.61. The second kappa shape index (κ2) is 13.8. The molecule has 1 aromatic rings. The summed E-state index contributed by atoms with van der Waals surface area (Å²) in [5.74, 6) is -1.29. The number of benzene rings is 1. The van der Waals surface area contributed by atoms with E-state index in [4.69, 9.17) is 0 Å². The van der Waals surface area contributed by atoms with Crippen molar-refractivity contribution in [1.82, 2.24) is 4.90 Å². The van der Waals surface area contributed by atoms with Gasteiger partial charge in [-0.3, -0.25) is 19.3 Å². The number of aromatic carboxylic acids is 1. The number of imide groups is 1. The third-order valence-electron chi connectivity index (χ3n) is 6.40. The number of amides is 3. The molecule has 2 rings (SSSR count). The van der Waals surface area contributed by atoms with Crippen LogP contribution in [0, 0.1) is 11.8 Å². The highest BCUT2D eigenvalue weighted by atomic mass is 16.4. The average molecular weight is 459 g/mol. The van der Waals surface area contributed by atoms with E-state index in [1.165, 1.54) is 11.0 Å². The first kappa shape index (κ1) is 26.6. The summed E-state index contributed by atoms with van der Waals surface area (Å²) in [5.41, 5.74) is 0.345. The molecule has 1 aliphatic heterocycles. The van der Waals surface area contributed by atoms with Gasteiger partial charge in [-0.25, -0.2) is 4.79 Å². The molecular weight excluding hydrogens is 420 g/mol. The van der Waals surface area contributed by atoms with Gasteiger partial charge in [0.2, 0.25) is 17.7 Å². The largest absolute Gasteiger partial charge is 0.478 e. The van der Waals surface area contributed by atoms with Crippen LogP contribution >= 0.6 is 0 Å². The van der Waals surface area contributed by atoms with Gasteiger partial charge in [0.15, 0.2) is 0 Å². The highest BCUT2D eigenvalue weighted by Crippen LogP contribution is 2.33. The number of para-hydroxylation sites is 1. The monoisotopic (exact) mass is 458 g/mol. The second-order valence-electron chi connectivity index (χ2n) is 8.95. The van der Waals surface area contributed by atoms with Crippen molar-refractivity contribution in [2.45, 2.75) is 84.5 Å². The molecule has 3 amide bonds. The smallest absolute Gasteiger partial charge is 0.337 e. The highest BCUT2D eigenvalue weighted by molar-refractivity contribution is 6.03. The van der Waals surface area contributed by atoms with Gasteiger partial charge in [-0.1, -0.05) is 58.1 Å². The maximum absolute atomic E-state index is 12.9. The van der Waals surface area contributed by atoms with E-state index in [1.807, 2.05) is 0 Å². The Morgan fingerprint density at radius 1 is 1.03 bits per heavy atom. The molecule has 2 N–H and O–H groups in total. The van der Waals surface area contributed by atoms with Crippen molar-refractivity contribution < 1.29 is 24.3 Å². The molecule has 0 aromatic heterocycles. The van der Waals surface area contributed by atoms with Crippen LogP contribution in [-0.4, -0.2) is 40.2 Å². The summed E-state index contributed by atoms with van der Waals surface area (Å²) in [7, 11) is 0. The van der Waals surface area contributed by atoms with Crippen molar-refractivity contribution in [3.63, 3.8) is 0 Å². The first-order valence-corrected chi connectivity index (χ1v) is 12.3. The van der Waals surface area contributed by atoms with Gasteiger partial charge in [-0.15, -0.1) is 0 Å². The highest BCUT2D eigenvalue weighted by Gasteiger charge is 2.41. The molecule has 1 heterocycles. The van der Waals surface area contributed by atoms with Crippen LogP contribution in [-0.2, 0) is 14.4 Å². The number of anilines is 1. The number of hydrogen-bond acceptors (Lipinski definition) is 4. The molecule has 7 nitrogen and oxygen atoms in total. The van der Waals surface area contributed by atoms with Crippen LogP contribution in [0.25, 0.3) is 0 Å². The van der Waals surface area contributed by atoms with Crippen molar-refractivity contribution >= 4 is 29.4 Å². The molecule has 182 valence electrons. The molecule has 1 aromatic carbocycles. The number of unbranched alkanes of at least 4 members (excludes halogenated alkanes) is 4. The molecule has 2 unspecified atom stereocenters. The molecule has 1 saturated heterocycles. The summed E-state index contributed by atoms with van der Waals surface area (Å²) in [4.78, 5) is 50.2. The fraction of sp³-hybridized carbons (Fsp3) is 0.615. The van der Waals surface area contributed by atoms with Crippen LogP contribution in [0.2, 0.25) is 0 Å². The summed E-state index contributed by atoms with van der Waals surface area (Å²) in [5, 5.41) is 11.8. The molecular formula is C26H38N2O5. The lowest BCUT2D eigenvalue weighted by Gasteiger charge is -2.22. The van der Waals surface area contributed by atoms with E-state index >= 15 is 0 Å². The number of carbonyl (C=O) groups excluding carboxylic acids is 3. The van der Waals surface area contributed by atoms with Crippen LogP contribution in [0.5, 0.6) is 0 Å². The Morgan fingerprint density at radius 3 is 2.48 bits per heavy atom. The zero-order valence-electron chi connectivity index (χ0n) is 20.0. The third-order valence-corrected chi connectivity index (χ3v) is 6.40. The first-order chi connectivity index (χ1) is 15.9. The van der Waals surface area contributed by atoms with Gasteiger partial charge in [0, 0.05) is 19.4 Å². The number of rotatable bonds is 15. The molecule has 7 heteroatoms. The normalized spacial score (nSPS) is 16.8. The van der Waals surface area contributed by atoms with E-state index in [1.54, 1.807) is 18.2 Å². The number of carboxylic acid groups (broad SMARTS) is 1. The van der Waals surface area contributed by atoms with E-state index in [9.17, 15) is 24.3 Å².